The summed E-state index contributed by atoms with van der Waals surface area (Å²) in [5, 5.41) is 9.79. The minimum Gasteiger partial charge on any atom is -0.482 e. The van der Waals surface area contributed by atoms with Crippen molar-refractivity contribution in [1.29, 1.82) is 0 Å². The number of halogens is 2. The molecule has 2 atom stereocenters. The first-order valence-corrected chi connectivity index (χ1v) is 7.42. The van der Waals surface area contributed by atoms with Gasteiger partial charge < -0.3 is 14.6 Å². The van der Waals surface area contributed by atoms with Crippen LogP contribution in [-0.4, -0.2) is 35.5 Å². The van der Waals surface area contributed by atoms with Crippen molar-refractivity contribution in [2.75, 3.05) is 13.2 Å². The number of benzene rings is 1. The third-order valence-corrected chi connectivity index (χ3v) is 4.43. The number of rotatable bonds is 2. The summed E-state index contributed by atoms with van der Waals surface area (Å²) in [6.07, 6.45) is -0.658. The van der Waals surface area contributed by atoms with Crippen molar-refractivity contribution in [1.82, 2.24) is 4.98 Å². The van der Waals surface area contributed by atoms with Crippen LogP contribution < -0.4 is 4.74 Å². The summed E-state index contributed by atoms with van der Waals surface area (Å²) in [7, 11) is 0. The van der Waals surface area contributed by atoms with E-state index in [1.165, 1.54) is 17.4 Å². The van der Waals surface area contributed by atoms with Crippen molar-refractivity contribution in [3.8, 4) is 5.75 Å². The Labute approximate surface area is 121 Å². The van der Waals surface area contributed by atoms with Crippen molar-refractivity contribution in [3.05, 3.63) is 21.9 Å². The second-order valence-corrected chi connectivity index (χ2v) is 6.61. The molecule has 4 nitrogen and oxygen atoms in total. The predicted molar refractivity (Wildman–Crippen MR) is 73.1 cm³/mol. The van der Waals surface area contributed by atoms with Gasteiger partial charge in [0.05, 0.1) is 22.9 Å². The van der Waals surface area contributed by atoms with E-state index >= 15 is 0 Å². The smallest absolute Gasteiger partial charge is 0.167 e. The van der Waals surface area contributed by atoms with Gasteiger partial charge in [0.25, 0.3) is 0 Å². The van der Waals surface area contributed by atoms with Gasteiger partial charge >= 0.3 is 0 Å². The lowest BCUT2D eigenvalue weighted by Gasteiger charge is -2.28. The summed E-state index contributed by atoms with van der Waals surface area (Å²) in [4.78, 5) is 4.14. The predicted octanol–water partition coefficient (Wildman–Crippen LogP) is 2.73. The molecule has 0 amide bonds. The van der Waals surface area contributed by atoms with Crippen LogP contribution in [0.25, 0.3) is 10.2 Å². The van der Waals surface area contributed by atoms with Crippen LogP contribution in [0.2, 0.25) is 0 Å². The third-order valence-electron chi connectivity index (χ3n) is 2.96. The molecule has 0 saturated carbocycles. The molecular formula is C12H11BrFNO3S. The van der Waals surface area contributed by atoms with Crippen molar-refractivity contribution >= 4 is 37.5 Å². The molecule has 0 aliphatic carbocycles. The molecule has 1 fully saturated rings. The standard InChI is InChI=1S/C12H11BrFNO3S/c13-12-15-7-3-6(14)9(4-11(7)19-12)18-10-5-17-2-1-8(10)16/h3-4,8,10,16H,1-2,5H2. The number of aliphatic hydroxyl groups is 1. The minimum absolute atomic E-state index is 0.123. The fourth-order valence-corrected chi connectivity index (χ4v) is 3.38. The summed E-state index contributed by atoms with van der Waals surface area (Å²) in [5.74, 6) is -0.360. The SMILES string of the molecule is OC1CCOCC1Oc1cc2sc(Br)nc2cc1F. The van der Waals surface area contributed by atoms with Gasteiger partial charge in [-0.1, -0.05) is 0 Å². The molecule has 2 unspecified atom stereocenters. The van der Waals surface area contributed by atoms with E-state index in [1.807, 2.05) is 0 Å². The number of hydrogen-bond acceptors (Lipinski definition) is 5. The molecule has 0 bridgehead atoms. The molecule has 1 aromatic heterocycles. The largest absolute Gasteiger partial charge is 0.482 e. The molecule has 0 spiro atoms. The van der Waals surface area contributed by atoms with E-state index in [4.69, 9.17) is 9.47 Å². The van der Waals surface area contributed by atoms with E-state index in [1.54, 1.807) is 6.07 Å². The highest BCUT2D eigenvalue weighted by atomic mass is 79.9. The Morgan fingerprint density at radius 3 is 3.16 bits per heavy atom. The van der Waals surface area contributed by atoms with Crippen LogP contribution in [0.15, 0.2) is 16.0 Å². The van der Waals surface area contributed by atoms with Crippen molar-refractivity contribution < 1.29 is 19.0 Å². The van der Waals surface area contributed by atoms with Gasteiger partial charge in [-0.2, -0.15) is 0 Å². The maximum Gasteiger partial charge on any atom is 0.167 e. The highest BCUT2D eigenvalue weighted by Gasteiger charge is 2.26. The monoisotopic (exact) mass is 347 g/mol. The average molecular weight is 348 g/mol. The molecule has 19 heavy (non-hydrogen) atoms. The highest BCUT2D eigenvalue weighted by molar-refractivity contribution is 9.11. The summed E-state index contributed by atoms with van der Waals surface area (Å²) in [6.45, 7) is 0.773. The molecule has 1 N–H and O–H groups in total. The van der Waals surface area contributed by atoms with E-state index in [9.17, 15) is 9.50 Å². The van der Waals surface area contributed by atoms with Crippen LogP contribution in [0.3, 0.4) is 0 Å². The molecule has 1 aliphatic rings. The number of nitrogens with zero attached hydrogens (tertiary/aromatic N) is 1. The maximum atomic E-state index is 13.9. The molecular weight excluding hydrogens is 337 g/mol. The van der Waals surface area contributed by atoms with Gasteiger partial charge in [-0.15, -0.1) is 11.3 Å². The van der Waals surface area contributed by atoms with E-state index in [0.717, 1.165) is 4.70 Å². The van der Waals surface area contributed by atoms with Gasteiger partial charge in [0, 0.05) is 25.2 Å². The lowest BCUT2D eigenvalue weighted by molar-refractivity contribution is -0.0744. The molecule has 0 radical (unpaired) electrons. The first kappa shape index (κ1) is 13.2. The van der Waals surface area contributed by atoms with E-state index in [-0.39, 0.29) is 12.4 Å². The van der Waals surface area contributed by atoms with Gasteiger partial charge in [0.1, 0.15) is 6.10 Å². The molecule has 1 saturated heterocycles. The van der Waals surface area contributed by atoms with Crippen LogP contribution >= 0.6 is 27.3 Å². The molecule has 3 rings (SSSR count). The second kappa shape index (κ2) is 5.32. The number of fused-ring (bicyclic) bond motifs is 1. The summed E-state index contributed by atoms with van der Waals surface area (Å²) < 4.78 is 26.2. The Morgan fingerprint density at radius 2 is 2.37 bits per heavy atom. The van der Waals surface area contributed by atoms with Crippen molar-refractivity contribution in [2.45, 2.75) is 18.6 Å². The zero-order valence-electron chi connectivity index (χ0n) is 9.81. The van der Waals surface area contributed by atoms with Crippen molar-refractivity contribution in [2.24, 2.45) is 0 Å². The second-order valence-electron chi connectivity index (χ2n) is 4.30. The van der Waals surface area contributed by atoms with Crippen LogP contribution in [0.1, 0.15) is 6.42 Å². The fraction of sp³-hybridized carbons (Fsp3) is 0.417. The van der Waals surface area contributed by atoms with Crippen LogP contribution in [0, 0.1) is 5.82 Å². The third kappa shape index (κ3) is 2.74. The van der Waals surface area contributed by atoms with Gasteiger partial charge in [0.2, 0.25) is 0 Å². The summed E-state index contributed by atoms with van der Waals surface area (Å²) in [5.41, 5.74) is 0.585. The maximum absolute atomic E-state index is 13.9. The van der Waals surface area contributed by atoms with E-state index in [0.29, 0.717) is 22.5 Å². The first-order chi connectivity index (χ1) is 9.13. The Balaban J connectivity index is 1.89. The van der Waals surface area contributed by atoms with E-state index in [2.05, 4.69) is 20.9 Å². The fourth-order valence-electron chi connectivity index (χ4n) is 1.97. The Kier molecular flexibility index (Phi) is 3.70. The number of aliphatic hydroxyl groups excluding tert-OH is 1. The lowest BCUT2D eigenvalue weighted by Crippen LogP contribution is -2.41. The van der Waals surface area contributed by atoms with E-state index < -0.39 is 18.0 Å². The Morgan fingerprint density at radius 1 is 1.53 bits per heavy atom. The Hall–Kier alpha value is -0.760. The van der Waals surface area contributed by atoms with Gasteiger partial charge in [-0.3, -0.25) is 0 Å². The zero-order chi connectivity index (χ0) is 13.4. The van der Waals surface area contributed by atoms with Crippen LogP contribution in [0.5, 0.6) is 5.75 Å². The van der Waals surface area contributed by atoms with Crippen LogP contribution in [0.4, 0.5) is 4.39 Å². The first-order valence-electron chi connectivity index (χ1n) is 5.81. The van der Waals surface area contributed by atoms with Gasteiger partial charge in [-0.05, 0) is 15.9 Å². The van der Waals surface area contributed by atoms with Crippen LogP contribution in [-0.2, 0) is 4.74 Å². The molecule has 2 aromatic rings. The van der Waals surface area contributed by atoms with Crippen molar-refractivity contribution in [3.63, 3.8) is 0 Å². The molecule has 102 valence electrons. The number of ether oxygens (including phenoxy) is 2. The number of hydrogen-bond donors (Lipinski definition) is 1. The molecule has 1 aromatic carbocycles. The zero-order valence-corrected chi connectivity index (χ0v) is 12.2. The summed E-state index contributed by atoms with van der Waals surface area (Å²) in [6, 6.07) is 2.94. The number of thiazole rings is 1. The quantitative estimate of drug-likeness (QED) is 0.907. The average Bonchev–Trinajstić information content (AvgIpc) is 2.71. The highest BCUT2D eigenvalue weighted by Crippen LogP contribution is 2.32. The normalized spacial score (nSPS) is 23.7. The van der Waals surface area contributed by atoms with Gasteiger partial charge in [0.15, 0.2) is 15.5 Å². The Bertz CT molecular complexity index is 606. The van der Waals surface area contributed by atoms with Gasteiger partial charge in [-0.25, -0.2) is 9.37 Å². The number of aromatic nitrogens is 1. The molecule has 7 heteroatoms. The topological polar surface area (TPSA) is 51.6 Å². The summed E-state index contributed by atoms with van der Waals surface area (Å²) >= 11 is 4.67. The minimum atomic E-state index is -0.628. The molecule has 2 heterocycles. The molecule has 1 aliphatic heterocycles. The lowest BCUT2D eigenvalue weighted by atomic mass is 10.1.